The van der Waals surface area contributed by atoms with Gasteiger partial charge in [-0.05, 0) is 18.2 Å². The van der Waals surface area contributed by atoms with E-state index in [1.807, 2.05) is 0 Å². The Kier molecular flexibility index (Phi) is 5.14. The summed E-state index contributed by atoms with van der Waals surface area (Å²) < 4.78 is 40.9. The molecule has 0 aromatic heterocycles. The highest BCUT2D eigenvalue weighted by Crippen LogP contribution is 2.14. The Balaban J connectivity index is 3.43. The van der Waals surface area contributed by atoms with Gasteiger partial charge < -0.3 is 13.3 Å². The van der Waals surface area contributed by atoms with E-state index in [9.17, 15) is 23.2 Å². The van der Waals surface area contributed by atoms with Gasteiger partial charge in [0.15, 0.2) is 11.6 Å². The summed E-state index contributed by atoms with van der Waals surface area (Å²) in [6.45, 7) is 2.98. The molecule has 0 spiro atoms. The quantitative estimate of drug-likeness (QED) is 0.764. The first kappa shape index (κ1) is 16.8. The average Bonchev–Trinajstić information content (AvgIpc) is 2.29. The molecule has 0 atom stereocenters. The second kappa shape index (κ2) is 6.44. The number of carbonyl (C=O) groups is 3. The van der Waals surface area contributed by atoms with Gasteiger partial charge in [-0.2, -0.15) is 0 Å². The molecule has 114 valence electrons. The molecule has 9 heteroatoms. The minimum Gasteiger partial charge on any atom is -0.452 e. The zero-order chi connectivity index (χ0) is 16.2. The van der Waals surface area contributed by atoms with Crippen LogP contribution in [-0.4, -0.2) is 26.7 Å². The van der Waals surface area contributed by atoms with Crippen molar-refractivity contribution in [2.75, 3.05) is 0 Å². The van der Waals surface area contributed by atoms with Crippen molar-refractivity contribution in [2.45, 2.75) is 20.8 Å². The molecule has 0 saturated heterocycles. The van der Waals surface area contributed by atoms with Crippen LogP contribution in [0.5, 0.6) is 0 Å². The van der Waals surface area contributed by atoms with E-state index in [0.29, 0.717) is 6.07 Å². The van der Waals surface area contributed by atoms with Gasteiger partial charge >= 0.3 is 8.80 Å². The lowest BCUT2D eigenvalue weighted by Crippen LogP contribution is -2.59. The fourth-order valence-electron chi connectivity index (χ4n) is 1.49. The van der Waals surface area contributed by atoms with Gasteiger partial charge in [0, 0.05) is 20.8 Å². The van der Waals surface area contributed by atoms with Gasteiger partial charge in [-0.25, -0.2) is 8.78 Å². The van der Waals surface area contributed by atoms with Crippen molar-refractivity contribution in [2.24, 2.45) is 0 Å². The maximum absolute atomic E-state index is 13.3. The summed E-state index contributed by atoms with van der Waals surface area (Å²) in [5.41, 5.74) is 0. The smallest absolute Gasteiger partial charge is 0.452 e. The highest BCUT2D eigenvalue weighted by Gasteiger charge is 2.55. The Labute approximate surface area is 120 Å². The summed E-state index contributed by atoms with van der Waals surface area (Å²) >= 11 is 0. The Morgan fingerprint density at radius 1 is 0.857 bits per heavy atom. The minimum atomic E-state index is -4.37. The first-order chi connectivity index (χ1) is 9.66. The maximum atomic E-state index is 13.3. The average molecular weight is 318 g/mol. The fraction of sp³-hybridized carbons (Fsp3) is 0.250. The van der Waals surface area contributed by atoms with Crippen LogP contribution in [0.1, 0.15) is 20.8 Å². The Hall–Kier alpha value is -2.29. The number of hydrogen-bond acceptors (Lipinski definition) is 6. The largest absolute Gasteiger partial charge is 0.743 e. The molecule has 0 radical (unpaired) electrons. The summed E-state index contributed by atoms with van der Waals surface area (Å²) in [5, 5.41) is -0.234. The van der Waals surface area contributed by atoms with E-state index in [4.69, 9.17) is 13.3 Å². The zero-order valence-corrected chi connectivity index (χ0v) is 12.4. The van der Waals surface area contributed by atoms with Crippen molar-refractivity contribution in [3.63, 3.8) is 0 Å². The summed E-state index contributed by atoms with van der Waals surface area (Å²) in [4.78, 5) is 33.6. The summed E-state index contributed by atoms with van der Waals surface area (Å²) in [5.74, 6) is -5.15. The van der Waals surface area contributed by atoms with Crippen LogP contribution in [-0.2, 0) is 27.7 Å². The van der Waals surface area contributed by atoms with Crippen LogP contribution in [0.4, 0.5) is 8.78 Å². The van der Waals surface area contributed by atoms with Crippen molar-refractivity contribution in [3.05, 3.63) is 29.8 Å². The molecule has 0 amide bonds. The van der Waals surface area contributed by atoms with Crippen LogP contribution in [0.2, 0.25) is 0 Å². The Morgan fingerprint density at radius 3 is 1.62 bits per heavy atom. The highest BCUT2D eigenvalue weighted by atomic mass is 28.4. The van der Waals surface area contributed by atoms with E-state index in [1.165, 1.54) is 0 Å². The molecule has 0 saturated carbocycles. The number of benzene rings is 1. The molecule has 0 heterocycles. The van der Waals surface area contributed by atoms with E-state index in [0.717, 1.165) is 32.9 Å². The molecule has 1 aromatic rings. The molecular weight excluding hydrogens is 306 g/mol. The predicted octanol–water partition coefficient (Wildman–Crippen LogP) is 0.800. The van der Waals surface area contributed by atoms with Gasteiger partial charge in [0.25, 0.3) is 17.9 Å². The van der Waals surface area contributed by atoms with E-state index < -0.39 is 38.3 Å². The van der Waals surface area contributed by atoms with Crippen molar-refractivity contribution in [1.29, 1.82) is 0 Å². The third-order valence-corrected chi connectivity index (χ3v) is 4.79. The summed E-state index contributed by atoms with van der Waals surface area (Å²) in [7, 11) is -4.37. The number of hydrogen-bond donors (Lipinski definition) is 0. The zero-order valence-electron chi connectivity index (χ0n) is 11.4. The van der Waals surface area contributed by atoms with Crippen LogP contribution in [0.3, 0.4) is 0 Å². The lowest BCUT2D eigenvalue weighted by atomic mass is 10.3. The molecular formula is C12H12F2O6Si. The molecule has 0 fully saturated rings. The molecule has 0 N–H and O–H groups in total. The number of carbonyl (C=O) groups excluding carboxylic acids is 3. The summed E-state index contributed by atoms with van der Waals surface area (Å²) in [6, 6.07) is 2.40. The van der Waals surface area contributed by atoms with Gasteiger partial charge in [-0.15, -0.1) is 0 Å². The SMILES string of the molecule is CC(=O)O[Si](OC(C)=O)(OC(C)=O)c1ccc(F)c(F)c1. The molecule has 0 aliphatic carbocycles. The molecule has 0 bridgehead atoms. The van der Waals surface area contributed by atoms with Crippen LogP contribution in [0.15, 0.2) is 18.2 Å². The van der Waals surface area contributed by atoms with Gasteiger partial charge in [0.1, 0.15) is 0 Å². The van der Waals surface area contributed by atoms with E-state index in [-0.39, 0.29) is 5.19 Å². The lowest BCUT2D eigenvalue weighted by Gasteiger charge is -2.26. The lowest BCUT2D eigenvalue weighted by molar-refractivity contribution is -0.146. The van der Waals surface area contributed by atoms with Gasteiger partial charge in [0.2, 0.25) is 0 Å². The molecule has 0 aliphatic rings. The standard InChI is InChI=1S/C12H12F2O6Si/c1-7(15)18-21(19-8(2)16,20-9(3)17)10-4-5-11(13)12(14)6-10/h4-6H,1-3H3. The second-order valence-electron chi connectivity index (χ2n) is 3.97. The topological polar surface area (TPSA) is 78.9 Å². The van der Waals surface area contributed by atoms with Crippen LogP contribution in [0, 0.1) is 11.6 Å². The van der Waals surface area contributed by atoms with Crippen molar-refractivity contribution in [1.82, 2.24) is 0 Å². The van der Waals surface area contributed by atoms with E-state index in [2.05, 4.69) is 0 Å². The molecule has 0 unspecified atom stereocenters. The first-order valence-corrected chi connectivity index (χ1v) is 7.43. The normalized spacial score (nSPS) is 10.7. The van der Waals surface area contributed by atoms with Crippen molar-refractivity contribution in [3.8, 4) is 0 Å². The third-order valence-electron chi connectivity index (χ3n) is 2.11. The highest BCUT2D eigenvalue weighted by molar-refractivity contribution is 6.79. The van der Waals surface area contributed by atoms with E-state index >= 15 is 0 Å². The molecule has 21 heavy (non-hydrogen) atoms. The van der Waals surface area contributed by atoms with Gasteiger partial charge in [-0.1, -0.05) is 0 Å². The van der Waals surface area contributed by atoms with Crippen LogP contribution in [0.25, 0.3) is 0 Å². The molecule has 0 aliphatic heterocycles. The van der Waals surface area contributed by atoms with Gasteiger partial charge in [-0.3, -0.25) is 14.4 Å². The third kappa shape index (κ3) is 4.35. The molecule has 1 rings (SSSR count). The summed E-state index contributed by atoms with van der Waals surface area (Å²) in [6.07, 6.45) is 0. The first-order valence-electron chi connectivity index (χ1n) is 5.70. The second-order valence-corrected chi connectivity index (χ2v) is 6.27. The monoisotopic (exact) mass is 318 g/mol. The number of halogens is 2. The Bertz CT molecular complexity index is 548. The Morgan fingerprint density at radius 2 is 1.29 bits per heavy atom. The van der Waals surface area contributed by atoms with Crippen molar-refractivity contribution < 1.29 is 36.4 Å². The maximum Gasteiger partial charge on any atom is 0.743 e. The molecule has 1 aromatic carbocycles. The van der Waals surface area contributed by atoms with Crippen LogP contribution < -0.4 is 5.19 Å². The molecule has 6 nitrogen and oxygen atoms in total. The van der Waals surface area contributed by atoms with Crippen LogP contribution >= 0.6 is 0 Å². The van der Waals surface area contributed by atoms with E-state index in [1.54, 1.807) is 0 Å². The van der Waals surface area contributed by atoms with Gasteiger partial charge in [0.05, 0.1) is 5.19 Å². The number of rotatable bonds is 4. The van der Waals surface area contributed by atoms with Crippen molar-refractivity contribution >= 4 is 31.9 Å². The fourth-order valence-corrected chi connectivity index (χ4v) is 3.70. The minimum absolute atomic E-state index is 0.234. The predicted molar refractivity (Wildman–Crippen MR) is 67.0 cm³/mol.